The Morgan fingerprint density at radius 1 is 0.885 bits per heavy atom. The van der Waals surface area contributed by atoms with Crippen molar-refractivity contribution >= 4 is 16.9 Å². The molecule has 8 nitrogen and oxygen atoms in total. The smallest absolute Gasteiger partial charge is 0.305 e. The van der Waals surface area contributed by atoms with Crippen molar-refractivity contribution in [1.82, 2.24) is 19.6 Å². The molecule has 0 amide bonds. The number of unbranched alkanes of at least 4 members (excludes halogenated alkanes) is 14. The van der Waals surface area contributed by atoms with Crippen LogP contribution in [-0.4, -0.2) is 51.8 Å². The van der Waals surface area contributed by atoms with E-state index in [4.69, 9.17) is 14.2 Å². The van der Waals surface area contributed by atoms with Gasteiger partial charge >= 0.3 is 5.97 Å². The summed E-state index contributed by atoms with van der Waals surface area (Å²) in [5.74, 6) is 0.943. The van der Waals surface area contributed by atoms with Gasteiger partial charge in [0.1, 0.15) is 11.6 Å². The molecule has 0 saturated carbocycles. The second-order valence-electron chi connectivity index (χ2n) is 15.1. The van der Waals surface area contributed by atoms with Gasteiger partial charge in [0.25, 0.3) is 5.56 Å². The Labute approximate surface area is 312 Å². The first-order valence-electron chi connectivity index (χ1n) is 20.9. The van der Waals surface area contributed by atoms with Gasteiger partial charge < -0.3 is 14.2 Å². The number of aromatic nitrogens is 3. The molecular formula is C43H67FN4O4. The average Bonchev–Trinajstić information content (AvgIpc) is 3.57. The molecule has 3 aromatic rings. The van der Waals surface area contributed by atoms with Crippen LogP contribution in [0.2, 0.25) is 0 Å². The van der Waals surface area contributed by atoms with Crippen molar-refractivity contribution in [3.8, 4) is 0 Å². The molecule has 2 aromatic heterocycles. The lowest BCUT2D eigenvalue weighted by atomic mass is 9.91. The van der Waals surface area contributed by atoms with Gasteiger partial charge in [0.15, 0.2) is 5.58 Å². The highest BCUT2D eigenvalue weighted by molar-refractivity contribution is 5.79. The maximum Gasteiger partial charge on any atom is 0.305 e. The largest absolute Gasteiger partial charge is 0.466 e. The Kier molecular flexibility index (Phi) is 18.9. The van der Waals surface area contributed by atoms with E-state index in [9.17, 15) is 14.0 Å². The van der Waals surface area contributed by atoms with Crippen LogP contribution in [0.25, 0.3) is 11.0 Å². The molecule has 52 heavy (non-hydrogen) atoms. The summed E-state index contributed by atoms with van der Waals surface area (Å²) in [6.07, 6.45) is 26.8. The van der Waals surface area contributed by atoms with E-state index in [1.165, 1.54) is 102 Å². The topological polar surface area (TPSA) is 90.5 Å². The molecule has 290 valence electrons. The maximum atomic E-state index is 13.4. The van der Waals surface area contributed by atoms with E-state index in [2.05, 4.69) is 17.0 Å². The summed E-state index contributed by atoms with van der Waals surface area (Å²) in [5.41, 5.74) is 3.38. The Balaban J connectivity index is 0.000000247. The van der Waals surface area contributed by atoms with E-state index in [1.807, 2.05) is 18.4 Å². The van der Waals surface area contributed by atoms with Crippen molar-refractivity contribution in [1.29, 1.82) is 0 Å². The highest BCUT2D eigenvalue weighted by atomic mass is 19.1. The van der Waals surface area contributed by atoms with E-state index in [0.29, 0.717) is 24.5 Å². The fourth-order valence-electron chi connectivity index (χ4n) is 7.82. The number of carbonyl (C=O) groups is 1. The first-order chi connectivity index (χ1) is 25.4. The Morgan fingerprint density at radius 3 is 2.15 bits per heavy atom. The minimum atomic E-state index is -0.303. The lowest BCUT2D eigenvalue weighted by molar-refractivity contribution is -0.143. The number of aryl methyl sites for hydroxylation is 2. The highest BCUT2D eigenvalue weighted by Crippen LogP contribution is 2.33. The lowest BCUT2D eigenvalue weighted by Crippen LogP contribution is -2.37. The van der Waals surface area contributed by atoms with Crippen LogP contribution in [0.15, 0.2) is 27.5 Å². The minimum Gasteiger partial charge on any atom is -0.466 e. The van der Waals surface area contributed by atoms with Crippen LogP contribution in [0.4, 0.5) is 4.39 Å². The molecule has 0 bridgehead atoms. The molecule has 1 fully saturated rings. The predicted molar refractivity (Wildman–Crippen MR) is 208 cm³/mol. The fourth-order valence-corrected chi connectivity index (χ4v) is 7.82. The molecule has 1 saturated heterocycles. The number of piperidine rings is 1. The summed E-state index contributed by atoms with van der Waals surface area (Å²) in [4.78, 5) is 31.2. The van der Waals surface area contributed by atoms with Gasteiger partial charge in [-0.2, -0.15) is 0 Å². The predicted octanol–water partition coefficient (Wildman–Crippen LogP) is 10.4. The van der Waals surface area contributed by atoms with Crippen LogP contribution >= 0.6 is 0 Å². The van der Waals surface area contributed by atoms with Crippen LogP contribution in [0.5, 0.6) is 0 Å². The highest BCUT2D eigenvalue weighted by Gasteiger charge is 2.26. The normalized spacial score (nSPS) is 15.0. The van der Waals surface area contributed by atoms with Crippen LogP contribution in [0, 0.1) is 12.7 Å². The molecule has 0 aliphatic carbocycles. The van der Waals surface area contributed by atoms with Gasteiger partial charge in [-0.25, -0.2) is 9.37 Å². The summed E-state index contributed by atoms with van der Waals surface area (Å²) < 4.78 is 25.5. The van der Waals surface area contributed by atoms with E-state index < -0.39 is 0 Å². The third-order valence-corrected chi connectivity index (χ3v) is 11.0. The maximum absolute atomic E-state index is 13.4. The molecule has 0 unspecified atom stereocenters. The third-order valence-electron chi connectivity index (χ3n) is 11.0. The standard InChI is InChI=1S/C23H27FN4O2.C20H40O2/c1-15-18(23(29)28-10-3-2-4-21(28)25-15)9-13-27-11-7-16(8-12-27)22-19-6-5-17(24)14-20(19)30-26-22;1-3-5-6-7-8-9-10-11-12-13-14-15-16-17-18-19-20(21)22-4-2/h5-6,14,16H,2-4,7-13H2,1H3;3-19H2,1-2H3. The van der Waals surface area contributed by atoms with Crippen LogP contribution in [0.3, 0.4) is 0 Å². The van der Waals surface area contributed by atoms with Gasteiger partial charge in [-0.05, 0) is 77.6 Å². The van der Waals surface area contributed by atoms with Gasteiger partial charge in [-0.15, -0.1) is 0 Å². The van der Waals surface area contributed by atoms with Gasteiger partial charge in [0, 0.05) is 54.6 Å². The molecule has 0 spiro atoms. The number of esters is 1. The number of nitrogens with zero attached hydrogens (tertiary/aromatic N) is 4. The zero-order valence-corrected chi connectivity index (χ0v) is 32.7. The zero-order chi connectivity index (χ0) is 37.0. The summed E-state index contributed by atoms with van der Waals surface area (Å²) in [7, 11) is 0. The Hall–Kier alpha value is -3.07. The average molecular weight is 723 g/mol. The lowest BCUT2D eigenvalue weighted by Gasteiger charge is -2.31. The first kappa shape index (κ1) is 41.7. The molecule has 0 radical (unpaired) electrons. The number of likely N-dealkylation sites (tertiary alicyclic amines) is 1. The van der Waals surface area contributed by atoms with Crippen molar-refractivity contribution in [2.24, 2.45) is 0 Å². The van der Waals surface area contributed by atoms with Gasteiger partial charge in [-0.1, -0.05) is 102 Å². The molecule has 1 aromatic carbocycles. The second kappa shape index (κ2) is 23.6. The molecular weight excluding hydrogens is 655 g/mol. The molecule has 2 aliphatic rings. The van der Waals surface area contributed by atoms with Crippen molar-refractivity contribution in [2.75, 3.05) is 26.2 Å². The van der Waals surface area contributed by atoms with Crippen LogP contribution in [-0.2, 0) is 28.9 Å². The van der Waals surface area contributed by atoms with Gasteiger partial charge in [-0.3, -0.25) is 14.2 Å². The second-order valence-corrected chi connectivity index (χ2v) is 15.1. The van der Waals surface area contributed by atoms with E-state index in [-0.39, 0.29) is 17.3 Å². The number of ether oxygens (including phenoxy) is 1. The number of carbonyl (C=O) groups excluding carboxylic acids is 1. The van der Waals surface area contributed by atoms with Gasteiger partial charge in [0.05, 0.1) is 12.3 Å². The summed E-state index contributed by atoms with van der Waals surface area (Å²) in [6, 6.07) is 4.63. The monoisotopic (exact) mass is 723 g/mol. The molecule has 0 atom stereocenters. The zero-order valence-electron chi connectivity index (χ0n) is 32.7. The van der Waals surface area contributed by atoms with Crippen molar-refractivity contribution in [3.05, 3.63) is 57.1 Å². The summed E-state index contributed by atoms with van der Waals surface area (Å²) in [5, 5.41) is 5.15. The molecule has 0 N–H and O–H groups in total. The first-order valence-corrected chi connectivity index (χ1v) is 20.9. The number of fused-ring (bicyclic) bond motifs is 2. The van der Waals surface area contributed by atoms with Crippen molar-refractivity contribution < 1.29 is 18.4 Å². The van der Waals surface area contributed by atoms with Crippen molar-refractivity contribution in [3.63, 3.8) is 0 Å². The van der Waals surface area contributed by atoms with E-state index in [0.717, 1.165) is 99.3 Å². The number of hydrogen-bond donors (Lipinski definition) is 0. The SMILES string of the molecule is CCCCCCCCCCCCCCCCCC(=O)OCC.Cc1nc2n(c(=O)c1CCN1CCC(c3noc4cc(F)ccc34)CC1)CCCC2. The molecule has 5 rings (SSSR count). The van der Waals surface area contributed by atoms with Crippen molar-refractivity contribution in [2.45, 2.75) is 174 Å². The van der Waals surface area contributed by atoms with Crippen LogP contribution in [0.1, 0.15) is 171 Å². The van der Waals surface area contributed by atoms with E-state index in [1.54, 1.807) is 6.07 Å². The van der Waals surface area contributed by atoms with E-state index >= 15 is 0 Å². The quantitative estimate of drug-likeness (QED) is 0.0798. The number of hydrogen-bond acceptors (Lipinski definition) is 7. The summed E-state index contributed by atoms with van der Waals surface area (Å²) >= 11 is 0. The van der Waals surface area contributed by atoms with Gasteiger partial charge in [0.2, 0.25) is 0 Å². The summed E-state index contributed by atoms with van der Waals surface area (Å²) in [6.45, 7) is 10.2. The minimum absolute atomic E-state index is 0.0304. The third kappa shape index (κ3) is 13.7. The fraction of sp³-hybridized carbons (Fsp3) is 0.721. The number of halogens is 1. The molecule has 9 heteroatoms. The number of rotatable bonds is 21. The molecule has 4 heterocycles. The number of benzene rings is 1. The molecule has 2 aliphatic heterocycles. The van der Waals surface area contributed by atoms with Crippen LogP contribution < -0.4 is 5.56 Å². The Bertz CT molecular complexity index is 1530. The Morgan fingerprint density at radius 2 is 1.52 bits per heavy atom.